The number of Topliss-reactive ketones (excluding diaryl/α,β-unsaturated/α-hetero) is 1. The molecule has 1 unspecified atom stereocenters. The molecule has 6 aliphatic rings. The lowest BCUT2D eigenvalue weighted by molar-refractivity contribution is -0.234. The number of nitrogens with one attached hydrogen (secondary N) is 5. The third-order valence-corrected chi connectivity index (χ3v) is 21.8. The zero-order chi connectivity index (χ0) is 78.6. The number of hydrogen-bond donors (Lipinski definition) is 7. The fraction of sp³-hybridized carbons (Fsp3) is 0.575. The molecule has 0 spiro atoms. The summed E-state index contributed by atoms with van der Waals surface area (Å²) in [4.78, 5) is 136. The fourth-order valence-electron chi connectivity index (χ4n) is 15.9. The molecule has 0 aromatic heterocycles. The Morgan fingerprint density at radius 3 is 2.07 bits per heavy atom. The number of allylic oxidation sites excluding steroid dienone is 4. The number of likely N-dealkylation sites (N-methyl/N-ethyl adjacent to an activating group) is 2. The first kappa shape index (κ1) is 83.9. The molecule has 0 bridgehead atoms. The first-order valence-electron chi connectivity index (χ1n) is 37.7. The Kier molecular flexibility index (Phi) is 29.6. The van der Waals surface area contributed by atoms with Gasteiger partial charge in [0, 0.05) is 93.1 Å². The number of aliphatic hydroxyl groups excluding tert-OH is 1. The van der Waals surface area contributed by atoms with Gasteiger partial charge in [-0.1, -0.05) is 107 Å². The number of rotatable bonds is 38. The maximum absolute atomic E-state index is 18.1. The topological polar surface area (TPSA) is 361 Å². The lowest BCUT2D eigenvalue weighted by Gasteiger charge is -2.63. The van der Waals surface area contributed by atoms with E-state index in [9.17, 15) is 53.1 Å². The van der Waals surface area contributed by atoms with Gasteiger partial charge in [0.15, 0.2) is 29.9 Å². The Morgan fingerprint density at radius 2 is 1.39 bits per heavy atom. The number of alkyl halides is 1. The fourth-order valence-corrected chi connectivity index (χ4v) is 15.9. The second-order valence-corrected chi connectivity index (χ2v) is 29.5. The molecule has 4 aliphatic carbocycles. The first-order valence-corrected chi connectivity index (χ1v) is 37.7. The van der Waals surface area contributed by atoms with Crippen molar-refractivity contribution in [3.8, 4) is 11.8 Å². The number of amides is 9. The van der Waals surface area contributed by atoms with Crippen LogP contribution in [-0.4, -0.2) is 216 Å². The summed E-state index contributed by atoms with van der Waals surface area (Å²) in [5.74, 6) is 1.71. The quantitative estimate of drug-likeness (QED) is 0.0231. The summed E-state index contributed by atoms with van der Waals surface area (Å²) in [6.45, 7) is 12.7. The van der Waals surface area contributed by atoms with E-state index in [1.165, 1.54) is 36.0 Å². The minimum atomic E-state index is -2.16. The Bertz CT molecular complexity index is 3880. The van der Waals surface area contributed by atoms with Gasteiger partial charge in [0.1, 0.15) is 18.7 Å². The summed E-state index contributed by atoms with van der Waals surface area (Å²) in [5, 5.41) is 25.6. The van der Waals surface area contributed by atoms with Gasteiger partial charge in [0.05, 0.1) is 77.3 Å². The van der Waals surface area contributed by atoms with Crippen LogP contribution in [0.3, 0.4) is 0 Å². The number of ether oxygens (including phenoxy) is 8. The Morgan fingerprint density at radius 1 is 0.752 bits per heavy atom. The van der Waals surface area contributed by atoms with E-state index in [1.807, 2.05) is 69.3 Å². The smallest absolute Gasteiger partial charge is 0.409 e. The average molecular weight is 1520 g/mol. The highest BCUT2D eigenvalue weighted by atomic mass is 19.1. The molecule has 109 heavy (non-hydrogen) atoms. The Labute approximate surface area is 636 Å². The van der Waals surface area contributed by atoms with Crippen molar-refractivity contribution in [2.24, 2.45) is 40.2 Å². The lowest BCUT2D eigenvalue weighted by atomic mass is 9.43. The number of carbonyl (C=O) groups excluding carboxylic acids is 10. The highest BCUT2D eigenvalue weighted by Gasteiger charge is 2.80. The van der Waals surface area contributed by atoms with E-state index in [4.69, 9.17) is 43.6 Å². The number of fused-ring (bicyclic) bond motifs is 9. The number of nitrogens with two attached hydrogens (primary N) is 1. The summed E-state index contributed by atoms with van der Waals surface area (Å²) in [6.07, 6.45) is 1.72. The van der Waals surface area contributed by atoms with Crippen molar-refractivity contribution in [2.45, 2.75) is 161 Å². The van der Waals surface area contributed by atoms with Crippen LogP contribution in [0.25, 0.3) is 0 Å². The third kappa shape index (κ3) is 20.3. The van der Waals surface area contributed by atoms with Crippen LogP contribution in [0.4, 0.5) is 30.1 Å². The van der Waals surface area contributed by atoms with Crippen LogP contribution in [0.5, 0.6) is 0 Å². The third-order valence-electron chi connectivity index (χ3n) is 21.8. The molecular weight excluding hydrogens is 1410 g/mol. The molecule has 8 N–H and O–H groups in total. The van der Waals surface area contributed by atoms with Gasteiger partial charge < -0.3 is 90.0 Å². The predicted molar refractivity (Wildman–Crippen MR) is 398 cm³/mol. The minimum Gasteiger partial charge on any atom is -0.445 e. The highest BCUT2D eigenvalue weighted by molar-refractivity contribution is 6.02. The maximum atomic E-state index is 18.1. The van der Waals surface area contributed by atoms with Crippen LogP contribution in [0.15, 0.2) is 96.6 Å². The van der Waals surface area contributed by atoms with E-state index >= 15 is 4.39 Å². The van der Waals surface area contributed by atoms with Gasteiger partial charge in [-0.2, -0.15) is 0 Å². The van der Waals surface area contributed by atoms with Crippen LogP contribution in [0, 0.1) is 46.3 Å². The Hall–Kier alpha value is -9.15. The highest BCUT2D eigenvalue weighted by Crippen LogP contribution is 2.72. The second-order valence-electron chi connectivity index (χ2n) is 29.5. The molecule has 1 saturated heterocycles. The SMILES string of the molecule is CCCC1O[C@@H]2C[C@H]3[C@@H]4C[C@H](C)C5=CC(=O)C=C[C@]5(C)[C@@]4(F)[C@@H](O)C[C@]3(C)[C@]2(C(=O)COC(=O)N(C)CCN(C)C(=O)OCc2ccc(NC(=O)[C@H](CCCNC(N)=O)NC(=O)[C@@H](NC(=O)CCOCCOCCOCCOCCNC(=O)CCC(=O)N3Cc4ccccc4C#Cc4ccccc43)C(C)C)cc2)O1. The number of nitrogens with zero attached hydrogens (tertiary/aromatic N) is 3. The van der Waals surface area contributed by atoms with Gasteiger partial charge in [-0.3, -0.25) is 33.6 Å². The number of hydrogen-bond acceptors (Lipinski definition) is 19. The summed E-state index contributed by atoms with van der Waals surface area (Å²) < 4.78 is 64.7. The molecule has 3 saturated carbocycles. The summed E-state index contributed by atoms with van der Waals surface area (Å²) in [6, 6.07) is 18.7. The van der Waals surface area contributed by atoms with E-state index < -0.39 is 119 Å². The largest absolute Gasteiger partial charge is 0.445 e. The molecule has 3 aromatic carbocycles. The molecule has 0 radical (unpaired) electrons. The molecular formula is C80H106FN9O19. The van der Waals surface area contributed by atoms with Crippen LogP contribution in [0.1, 0.15) is 128 Å². The van der Waals surface area contributed by atoms with Crippen molar-refractivity contribution in [3.05, 3.63) is 119 Å². The molecule has 592 valence electrons. The van der Waals surface area contributed by atoms with Gasteiger partial charge in [0.2, 0.25) is 35.3 Å². The van der Waals surface area contributed by atoms with E-state index in [1.54, 1.807) is 56.0 Å². The van der Waals surface area contributed by atoms with Crippen molar-refractivity contribution in [2.75, 3.05) is 110 Å². The minimum absolute atomic E-state index is 0.00630. The first-order chi connectivity index (χ1) is 52.1. The number of urea groups is 1. The predicted octanol–water partition coefficient (Wildman–Crippen LogP) is 6.71. The molecule has 12 atom stereocenters. The van der Waals surface area contributed by atoms with Crippen molar-refractivity contribution in [3.63, 3.8) is 0 Å². The van der Waals surface area contributed by atoms with E-state index in [0.717, 1.165) is 16.7 Å². The molecule has 2 heterocycles. The molecule has 9 rings (SSSR count). The zero-order valence-electron chi connectivity index (χ0n) is 63.6. The molecule has 29 heteroatoms. The number of benzene rings is 3. The van der Waals surface area contributed by atoms with Gasteiger partial charge in [0.25, 0.3) is 0 Å². The van der Waals surface area contributed by atoms with Gasteiger partial charge >= 0.3 is 18.2 Å². The van der Waals surface area contributed by atoms with Crippen LogP contribution < -0.4 is 37.2 Å². The molecule has 3 aromatic rings. The van der Waals surface area contributed by atoms with Crippen molar-refractivity contribution < 1.29 is 95.3 Å². The molecule has 9 amide bonds. The van der Waals surface area contributed by atoms with E-state index in [-0.39, 0.29) is 134 Å². The second kappa shape index (κ2) is 38.5. The lowest BCUT2D eigenvalue weighted by Crippen LogP contribution is -2.70. The number of aliphatic hydroxyl groups is 1. The number of halogens is 1. The van der Waals surface area contributed by atoms with Gasteiger partial charge in [-0.25, -0.2) is 18.8 Å². The van der Waals surface area contributed by atoms with Crippen molar-refractivity contribution in [1.29, 1.82) is 0 Å². The van der Waals surface area contributed by atoms with Gasteiger partial charge in [-0.05, 0) is 117 Å². The van der Waals surface area contributed by atoms with Crippen LogP contribution in [0.2, 0.25) is 0 Å². The number of primary amides is 1. The van der Waals surface area contributed by atoms with E-state index in [0.29, 0.717) is 68.1 Å². The normalized spacial score (nSPS) is 24.6. The number of para-hydroxylation sites is 1. The number of ketones is 2. The van der Waals surface area contributed by atoms with Crippen molar-refractivity contribution >= 4 is 70.7 Å². The summed E-state index contributed by atoms with van der Waals surface area (Å²) >= 11 is 0. The molecule has 28 nitrogen and oxygen atoms in total. The molecule has 2 aliphatic heterocycles. The molecule has 4 fully saturated rings. The van der Waals surface area contributed by atoms with Crippen LogP contribution in [-0.2, 0) is 84.6 Å². The number of carbonyl (C=O) groups is 10. The van der Waals surface area contributed by atoms with Gasteiger partial charge in [-0.15, -0.1) is 0 Å². The Balaban J connectivity index is 0.632. The monoisotopic (exact) mass is 1520 g/mol. The average Bonchev–Trinajstić information content (AvgIpc) is 1.56. The zero-order valence-corrected chi connectivity index (χ0v) is 63.6. The number of anilines is 2. The summed E-state index contributed by atoms with van der Waals surface area (Å²) in [7, 11) is 2.93. The van der Waals surface area contributed by atoms with E-state index in [2.05, 4.69) is 38.4 Å². The maximum Gasteiger partial charge on any atom is 0.409 e. The standard InChI is InChI=1S/C80H106FN9O19/c1-9-15-70-108-66-46-60-61-44-52(4)59-45-58(91)29-31-77(59,5)79(61,81)64(92)47-78(60,6)80(66,109-70)65(93)50-107-76(101)89(8)35-34-88(7)75(100)106-49-53-21-25-57(26-22-53)85-72(97)62(19-14-32-84-74(82)99)86-73(98)71(51(2)3)87-68(95)30-36-102-38-40-104-42-43-105-41-39-103-37-33-83-67(94)27-28-69(96)90-48-56-18-11-10-16-54(56)23-24-55-17-12-13-20-63(55)90/h10-13,16-18,20-22,25-26,29,31,45,51-52,60-62,64,66,70-71,92H,9,14-15,19,27-28,30,32-44,46-50H2,1-8H3,(H,83,94)(H,85,97)(H,86,98)(H,87,95)(H3,82,84,99)/t52-,60-,61-,62-,64-,66+,70?,71-,77-,78-,79-,80+/m0/s1. The summed E-state index contributed by atoms with van der Waals surface area (Å²) in [5.41, 5.74) is 3.84. The van der Waals surface area contributed by atoms with Crippen LogP contribution >= 0.6 is 0 Å². The van der Waals surface area contributed by atoms with Crippen molar-refractivity contribution in [1.82, 2.24) is 31.1 Å².